The minimum absolute atomic E-state index is 0.0153. The molecule has 0 saturated heterocycles. The number of ether oxygens (including phenoxy) is 1. The number of thiophene rings is 1. The minimum atomic E-state index is -0.353. The van der Waals surface area contributed by atoms with Gasteiger partial charge in [0.05, 0.1) is 29.0 Å². The van der Waals surface area contributed by atoms with Gasteiger partial charge in [0, 0.05) is 18.3 Å². The van der Waals surface area contributed by atoms with E-state index in [-0.39, 0.29) is 29.9 Å². The summed E-state index contributed by atoms with van der Waals surface area (Å²) in [6.07, 6.45) is 4.95. The van der Waals surface area contributed by atoms with E-state index in [9.17, 15) is 14.4 Å². The van der Waals surface area contributed by atoms with Crippen molar-refractivity contribution >= 4 is 56.5 Å². The summed E-state index contributed by atoms with van der Waals surface area (Å²) in [5, 5.41) is 9.96. The molecular weight excluding hydrogens is 564 g/mol. The maximum atomic E-state index is 13.6. The van der Waals surface area contributed by atoms with Gasteiger partial charge in [-0.2, -0.15) is 0 Å². The molecule has 11 heteroatoms. The Morgan fingerprint density at radius 3 is 2.56 bits per heavy atom. The summed E-state index contributed by atoms with van der Waals surface area (Å²) < 4.78 is 5.98. The number of carbonyl (C=O) groups is 3. The first-order valence-corrected chi connectivity index (χ1v) is 15.2. The summed E-state index contributed by atoms with van der Waals surface area (Å²) in [5.41, 5.74) is 2.71. The molecule has 3 N–H and O–H groups in total. The van der Waals surface area contributed by atoms with Gasteiger partial charge in [-0.25, -0.2) is 9.78 Å². The molecule has 4 amide bonds. The lowest BCUT2D eigenvalue weighted by Crippen LogP contribution is -2.47. The van der Waals surface area contributed by atoms with E-state index in [2.05, 4.69) is 20.9 Å². The van der Waals surface area contributed by atoms with E-state index in [4.69, 9.17) is 4.74 Å². The number of hydrogen-bond acceptors (Lipinski definition) is 7. The van der Waals surface area contributed by atoms with Gasteiger partial charge in [0.15, 0.2) is 0 Å². The average molecular weight is 599 g/mol. The lowest BCUT2D eigenvalue weighted by Gasteiger charge is -2.31. The molecule has 2 aromatic carbocycles. The zero-order chi connectivity index (χ0) is 30.1. The van der Waals surface area contributed by atoms with Gasteiger partial charge in [-0.1, -0.05) is 18.2 Å². The van der Waals surface area contributed by atoms with Crippen molar-refractivity contribution in [2.24, 2.45) is 0 Å². The number of urea groups is 1. The first-order chi connectivity index (χ1) is 20.8. The van der Waals surface area contributed by atoms with Crippen LogP contribution in [0.25, 0.3) is 10.2 Å². The summed E-state index contributed by atoms with van der Waals surface area (Å²) in [6.45, 7) is 2.26. The normalized spacial score (nSPS) is 18.0. The number of pyridine rings is 1. The molecule has 2 aromatic heterocycles. The monoisotopic (exact) mass is 598 g/mol. The third kappa shape index (κ3) is 6.04. The largest absolute Gasteiger partial charge is 0.457 e. The van der Waals surface area contributed by atoms with E-state index in [1.165, 1.54) is 11.3 Å². The Bertz CT molecular complexity index is 1690. The molecule has 0 bridgehead atoms. The van der Waals surface area contributed by atoms with Crippen LogP contribution in [0, 0.1) is 6.92 Å². The number of benzene rings is 2. The molecule has 43 heavy (non-hydrogen) atoms. The van der Waals surface area contributed by atoms with Gasteiger partial charge in [0.2, 0.25) is 5.91 Å². The highest BCUT2D eigenvalue weighted by molar-refractivity contribution is 7.21. The highest BCUT2D eigenvalue weighted by atomic mass is 32.1. The summed E-state index contributed by atoms with van der Waals surface area (Å²) in [4.78, 5) is 48.5. The second-order valence-corrected chi connectivity index (χ2v) is 12.3. The van der Waals surface area contributed by atoms with Gasteiger partial charge in [-0.3, -0.25) is 14.5 Å². The van der Waals surface area contributed by atoms with E-state index in [1.807, 2.05) is 74.4 Å². The first-order valence-electron chi connectivity index (χ1n) is 14.4. The van der Waals surface area contributed by atoms with Crippen LogP contribution in [0.1, 0.15) is 40.9 Å². The Morgan fingerprint density at radius 2 is 1.81 bits per heavy atom. The zero-order valence-electron chi connectivity index (χ0n) is 24.3. The fourth-order valence-corrected chi connectivity index (χ4v) is 6.84. The van der Waals surface area contributed by atoms with Gasteiger partial charge < -0.3 is 25.6 Å². The molecule has 6 rings (SSSR count). The Balaban J connectivity index is 1.23. The standard InChI is InChI=1S/C32H34N6O4S/c1-19-16-23(42-22-10-5-4-6-11-22)12-13-24(19)38-25-14-15-33-31-27(25)28(36-32(38)41)29(43-31)30(40)35-21-9-7-8-20(17-21)34-26(39)18-37(2)3/h4-6,10-16,20-21H,7-9,17-18H2,1-3H3,(H,34,39)(H,35,40)(H,36,41)/t20-,21-/m0/s1. The Labute approximate surface area is 254 Å². The van der Waals surface area contributed by atoms with Crippen molar-refractivity contribution in [2.75, 3.05) is 30.9 Å². The number of amides is 4. The molecule has 0 unspecified atom stereocenters. The fraction of sp³-hybridized carbons (Fsp3) is 0.312. The van der Waals surface area contributed by atoms with E-state index < -0.39 is 0 Å². The topological polar surface area (TPSA) is 116 Å². The van der Waals surface area contributed by atoms with Gasteiger partial charge >= 0.3 is 6.03 Å². The van der Waals surface area contributed by atoms with Crippen molar-refractivity contribution in [3.05, 3.63) is 71.2 Å². The maximum absolute atomic E-state index is 13.6. The number of nitrogens with zero attached hydrogens (tertiary/aromatic N) is 3. The Kier molecular flexibility index (Phi) is 8.00. The van der Waals surface area contributed by atoms with Gasteiger partial charge in [-0.15, -0.1) is 11.3 Å². The smallest absolute Gasteiger partial charge is 0.331 e. The predicted molar refractivity (Wildman–Crippen MR) is 169 cm³/mol. The van der Waals surface area contributed by atoms with Crippen molar-refractivity contribution < 1.29 is 19.1 Å². The number of anilines is 3. The van der Waals surface area contributed by atoms with Crippen LogP contribution in [-0.4, -0.2) is 60.5 Å². The number of aromatic nitrogens is 1. The van der Waals surface area contributed by atoms with E-state index in [0.717, 1.165) is 36.0 Å². The lowest BCUT2D eigenvalue weighted by atomic mass is 9.91. The molecular formula is C32H34N6O4S. The number of carbonyl (C=O) groups excluding carboxylic acids is 3. The number of aryl methyl sites for hydroxylation is 1. The molecule has 1 saturated carbocycles. The number of likely N-dealkylation sites (N-methyl/N-ethyl adjacent to an activating group) is 1. The highest BCUT2D eigenvalue weighted by Gasteiger charge is 2.34. The Hall–Kier alpha value is -4.48. The van der Waals surface area contributed by atoms with Crippen LogP contribution in [0.5, 0.6) is 11.5 Å². The molecule has 3 heterocycles. The lowest BCUT2D eigenvalue weighted by molar-refractivity contribution is -0.122. The summed E-state index contributed by atoms with van der Waals surface area (Å²) in [6, 6.07) is 16.5. The molecule has 0 radical (unpaired) electrons. The number of rotatable bonds is 8. The van der Waals surface area contributed by atoms with Crippen LogP contribution >= 0.6 is 11.3 Å². The average Bonchev–Trinajstić information content (AvgIpc) is 3.34. The van der Waals surface area contributed by atoms with E-state index in [1.54, 1.807) is 17.2 Å². The molecule has 1 aliphatic heterocycles. The van der Waals surface area contributed by atoms with Gasteiger partial charge in [0.1, 0.15) is 21.2 Å². The van der Waals surface area contributed by atoms with Crippen molar-refractivity contribution in [1.29, 1.82) is 0 Å². The molecule has 1 aliphatic carbocycles. The molecule has 2 atom stereocenters. The number of nitrogens with one attached hydrogen (secondary N) is 3. The summed E-state index contributed by atoms with van der Waals surface area (Å²) in [7, 11) is 3.72. The summed E-state index contributed by atoms with van der Waals surface area (Å²) in [5.74, 6) is 1.13. The SMILES string of the molecule is Cc1cc(Oc2ccccc2)ccc1N1C(=O)Nc2c(C(=O)N[C@H]3CCC[C@H](NC(=O)CN(C)C)C3)sc3nccc1c23. The molecule has 2 aliphatic rings. The third-order valence-electron chi connectivity index (χ3n) is 7.67. The molecule has 4 aromatic rings. The van der Waals surface area contributed by atoms with Crippen LogP contribution < -0.4 is 25.6 Å². The quantitative estimate of drug-likeness (QED) is 0.236. The summed E-state index contributed by atoms with van der Waals surface area (Å²) >= 11 is 1.26. The molecule has 0 spiro atoms. The third-order valence-corrected chi connectivity index (χ3v) is 8.77. The first kappa shape index (κ1) is 28.6. The van der Waals surface area contributed by atoms with Crippen LogP contribution in [0.4, 0.5) is 21.9 Å². The minimum Gasteiger partial charge on any atom is -0.457 e. The molecule has 222 valence electrons. The molecule has 10 nitrogen and oxygen atoms in total. The van der Waals surface area contributed by atoms with Crippen molar-refractivity contribution in [2.45, 2.75) is 44.7 Å². The predicted octanol–water partition coefficient (Wildman–Crippen LogP) is 5.80. The maximum Gasteiger partial charge on any atom is 0.331 e. The van der Waals surface area contributed by atoms with Crippen LogP contribution in [-0.2, 0) is 4.79 Å². The number of para-hydroxylation sites is 1. The zero-order valence-corrected chi connectivity index (χ0v) is 25.2. The van der Waals surface area contributed by atoms with E-state index >= 15 is 0 Å². The van der Waals surface area contributed by atoms with Gasteiger partial charge in [-0.05, 0) is 88.7 Å². The fourth-order valence-electron chi connectivity index (χ4n) is 5.81. The Morgan fingerprint density at radius 1 is 1.05 bits per heavy atom. The van der Waals surface area contributed by atoms with Crippen LogP contribution in [0.3, 0.4) is 0 Å². The van der Waals surface area contributed by atoms with Gasteiger partial charge in [0.25, 0.3) is 5.91 Å². The van der Waals surface area contributed by atoms with E-state index in [0.29, 0.717) is 45.5 Å². The second-order valence-electron chi connectivity index (χ2n) is 11.3. The van der Waals surface area contributed by atoms with Crippen molar-refractivity contribution in [3.8, 4) is 11.5 Å². The second kappa shape index (κ2) is 12.0. The molecule has 1 fully saturated rings. The van der Waals surface area contributed by atoms with Crippen LogP contribution in [0.2, 0.25) is 0 Å². The number of hydrogen-bond donors (Lipinski definition) is 3. The highest BCUT2D eigenvalue weighted by Crippen LogP contribution is 2.46. The van der Waals surface area contributed by atoms with Crippen molar-refractivity contribution in [1.82, 2.24) is 20.5 Å². The van der Waals surface area contributed by atoms with Crippen molar-refractivity contribution in [3.63, 3.8) is 0 Å². The van der Waals surface area contributed by atoms with Crippen LogP contribution in [0.15, 0.2) is 60.8 Å².